The fraction of sp³-hybridized carbons (Fsp3) is 0.467. The van der Waals surface area contributed by atoms with Crippen molar-refractivity contribution < 1.29 is 17.5 Å². The molecule has 3 rings (SSSR count). The molecular formula is C15H20ClN4O-. The zero-order chi connectivity index (χ0) is 13.8. The summed E-state index contributed by atoms with van der Waals surface area (Å²) in [5, 5.41) is 13.2. The highest BCUT2D eigenvalue weighted by atomic mass is 35.5. The molecular weight excluding hydrogens is 288 g/mol. The van der Waals surface area contributed by atoms with Gasteiger partial charge in [-0.05, 0) is 31.4 Å². The van der Waals surface area contributed by atoms with Crippen molar-refractivity contribution in [3.05, 3.63) is 24.3 Å². The third-order valence-corrected chi connectivity index (χ3v) is 3.63. The first-order chi connectivity index (χ1) is 9.88. The van der Waals surface area contributed by atoms with Crippen LogP contribution >= 0.6 is 0 Å². The number of nitrogens with one attached hydrogen (secondary N) is 1. The lowest BCUT2D eigenvalue weighted by Crippen LogP contribution is -3.00. The Labute approximate surface area is 130 Å². The molecule has 1 aromatic heterocycles. The van der Waals surface area contributed by atoms with E-state index in [4.69, 9.17) is 5.11 Å². The van der Waals surface area contributed by atoms with Crippen molar-refractivity contribution in [3.8, 4) is 0 Å². The van der Waals surface area contributed by atoms with Crippen LogP contribution in [0.4, 0.5) is 11.8 Å². The van der Waals surface area contributed by atoms with Gasteiger partial charge in [0.05, 0.1) is 12.1 Å². The number of hydrogen-bond acceptors (Lipinski definition) is 5. The molecule has 0 unspecified atom stereocenters. The highest BCUT2D eigenvalue weighted by molar-refractivity contribution is 5.90. The lowest BCUT2D eigenvalue weighted by Gasteiger charge is -2.27. The first kappa shape index (κ1) is 15.8. The Morgan fingerprint density at radius 2 is 1.86 bits per heavy atom. The zero-order valence-electron chi connectivity index (χ0n) is 11.9. The molecule has 0 saturated carbocycles. The molecule has 2 N–H and O–H groups in total. The number of benzene rings is 1. The van der Waals surface area contributed by atoms with Gasteiger partial charge in [0.15, 0.2) is 0 Å². The number of halogens is 1. The standard InChI is InChI=1S/C15H20N4O.ClH/c20-11-8-16-14-12-6-2-3-7-13(12)17-15(18-14)19-9-4-1-5-10-19;/h2-3,6-7,20H,1,4-5,8-11H2,(H,16,17,18);1H/p-1. The van der Waals surface area contributed by atoms with E-state index >= 15 is 0 Å². The average molecular weight is 308 g/mol. The van der Waals surface area contributed by atoms with E-state index in [1.54, 1.807) is 0 Å². The van der Waals surface area contributed by atoms with Crippen LogP contribution in [0.25, 0.3) is 10.9 Å². The quantitative estimate of drug-likeness (QED) is 0.761. The van der Waals surface area contributed by atoms with Crippen LogP contribution < -0.4 is 22.6 Å². The Morgan fingerprint density at radius 1 is 1.10 bits per heavy atom. The molecule has 21 heavy (non-hydrogen) atoms. The summed E-state index contributed by atoms with van der Waals surface area (Å²) in [6.45, 7) is 2.65. The van der Waals surface area contributed by atoms with Crippen molar-refractivity contribution in [2.24, 2.45) is 0 Å². The summed E-state index contributed by atoms with van der Waals surface area (Å²) in [7, 11) is 0. The molecule has 0 bridgehead atoms. The lowest BCUT2D eigenvalue weighted by atomic mass is 10.1. The maximum atomic E-state index is 9.00. The molecule has 0 aliphatic carbocycles. The smallest absolute Gasteiger partial charge is 0.227 e. The third-order valence-electron chi connectivity index (χ3n) is 3.63. The van der Waals surface area contributed by atoms with E-state index in [2.05, 4.69) is 20.2 Å². The topological polar surface area (TPSA) is 61.3 Å². The molecule has 1 fully saturated rings. The average Bonchev–Trinajstić information content (AvgIpc) is 2.53. The summed E-state index contributed by atoms with van der Waals surface area (Å²) in [4.78, 5) is 11.6. The molecule has 2 aromatic rings. The minimum atomic E-state index is 0. The number of aromatic nitrogens is 2. The Kier molecular flexibility index (Phi) is 5.59. The molecule has 6 heteroatoms. The van der Waals surface area contributed by atoms with Crippen LogP contribution in [-0.2, 0) is 0 Å². The number of anilines is 2. The predicted molar refractivity (Wildman–Crippen MR) is 81.2 cm³/mol. The summed E-state index contributed by atoms with van der Waals surface area (Å²) in [5.41, 5.74) is 0.948. The van der Waals surface area contributed by atoms with Crippen molar-refractivity contribution in [1.29, 1.82) is 0 Å². The number of piperidine rings is 1. The maximum absolute atomic E-state index is 9.00. The van der Waals surface area contributed by atoms with Gasteiger partial charge in [0, 0.05) is 25.0 Å². The predicted octanol–water partition coefficient (Wildman–Crippen LogP) is -0.972. The van der Waals surface area contributed by atoms with Crippen LogP contribution in [0.5, 0.6) is 0 Å². The summed E-state index contributed by atoms with van der Waals surface area (Å²) in [5.74, 6) is 1.61. The fourth-order valence-electron chi connectivity index (χ4n) is 2.61. The van der Waals surface area contributed by atoms with Gasteiger partial charge >= 0.3 is 0 Å². The van der Waals surface area contributed by atoms with Gasteiger partial charge in [-0.2, -0.15) is 4.98 Å². The molecule has 0 amide bonds. The molecule has 1 aromatic carbocycles. The number of para-hydroxylation sites is 1. The van der Waals surface area contributed by atoms with E-state index in [0.29, 0.717) is 6.54 Å². The molecule has 0 spiro atoms. The third kappa shape index (κ3) is 3.54. The van der Waals surface area contributed by atoms with Gasteiger partial charge in [0.1, 0.15) is 5.82 Å². The number of aliphatic hydroxyl groups excluding tert-OH is 1. The fourth-order valence-corrected chi connectivity index (χ4v) is 2.61. The van der Waals surface area contributed by atoms with Crippen LogP contribution in [0.2, 0.25) is 0 Å². The maximum Gasteiger partial charge on any atom is 0.227 e. The summed E-state index contributed by atoms with van der Waals surface area (Å²) >= 11 is 0. The molecule has 114 valence electrons. The highest BCUT2D eigenvalue weighted by Crippen LogP contribution is 2.24. The van der Waals surface area contributed by atoms with Crippen molar-refractivity contribution >= 4 is 22.7 Å². The van der Waals surface area contributed by atoms with Crippen LogP contribution in [0.3, 0.4) is 0 Å². The summed E-state index contributed by atoms with van der Waals surface area (Å²) in [6.07, 6.45) is 3.70. The van der Waals surface area contributed by atoms with Crippen molar-refractivity contribution in [2.45, 2.75) is 19.3 Å². The van der Waals surface area contributed by atoms with Gasteiger partial charge in [-0.1, -0.05) is 12.1 Å². The van der Waals surface area contributed by atoms with Gasteiger partial charge in [0.2, 0.25) is 5.95 Å². The monoisotopic (exact) mass is 307 g/mol. The Balaban J connectivity index is 0.00000161. The van der Waals surface area contributed by atoms with Gasteiger partial charge in [0.25, 0.3) is 0 Å². The Morgan fingerprint density at radius 3 is 2.62 bits per heavy atom. The summed E-state index contributed by atoms with van der Waals surface area (Å²) in [6, 6.07) is 7.99. The molecule has 0 radical (unpaired) electrons. The number of fused-ring (bicyclic) bond motifs is 1. The number of rotatable bonds is 4. The number of hydrogen-bond donors (Lipinski definition) is 2. The Bertz CT molecular complexity index is 587. The van der Waals surface area contributed by atoms with Gasteiger partial charge in [-0.15, -0.1) is 0 Å². The van der Waals surface area contributed by atoms with E-state index in [9.17, 15) is 0 Å². The van der Waals surface area contributed by atoms with Gasteiger partial charge in [-0.3, -0.25) is 0 Å². The van der Waals surface area contributed by atoms with E-state index in [1.807, 2.05) is 24.3 Å². The van der Waals surface area contributed by atoms with E-state index < -0.39 is 0 Å². The molecule has 0 atom stereocenters. The second kappa shape index (κ2) is 7.43. The highest BCUT2D eigenvalue weighted by Gasteiger charge is 2.15. The van der Waals surface area contributed by atoms with Crippen molar-refractivity contribution in [1.82, 2.24) is 9.97 Å². The first-order valence-corrected chi connectivity index (χ1v) is 7.25. The van der Waals surface area contributed by atoms with Crippen molar-refractivity contribution in [3.63, 3.8) is 0 Å². The van der Waals surface area contributed by atoms with Crippen LogP contribution in [0.1, 0.15) is 19.3 Å². The number of nitrogens with zero attached hydrogens (tertiary/aromatic N) is 3. The number of aliphatic hydroxyl groups is 1. The normalized spacial score (nSPS) is 14.8. The minimum Gasteiger partial charge on any atom is -1.00 e. The molecule has 1 aliphatic rings. The van der Waals surface area contributed by atoms with Crippen LogP contribution in [-0.4, -0.2) is 41.3 Å². The first-order valence-electron chi connectivity index (χ1n) is 7.25. The molecule has 2 heterocycles. The van der Waals surface area contributed by atoms with Gasteiger partial charge in [-0.25, -0.2) is 4.98 Å². The second-order valence-corrected chi connectivity index (χ2v) is 5.09. The Hall–Kier alpha value is -1.59. The van der Waals surface area contributed by atoms with Crippen LogP contribution in [0, 0.1) is 0 Å². The van der Waals surface area contributed by atoms with E-state index in [0.717, 1.165) is 35.8 Å². The van der Waals surface area contributed by atoms with E-state index in [1.165, 1.54) is 19.3 Å². The minimum absolute atomic E-state index is 0. The second-order valence-electron chi connectivity index (χ2n) is 5.09. The lowest BCUT2D eigenvalue weighted by molar-refractivity contribution is -0.00000521. The molecule has 1 aliphatic heterocycles. The molecule has 1 saturated heterocycles. The largest absolute Gasteiger partial charge is 1.00 e. The SMILES string of the molecule is OCCNc1nc(N2CCCCC2)nc2ccccc12.[Cl-]. The van der Waals surface area contributed by atoms with Crippen molar-refractivity contribution in [2.75, 3.05) is 36.5 Å². The zero-order valence-corrected chi connectivity index (χ0v) is 12.7. The molecule has 5 nitrogen and oxygen atoms in total. The summed E-state index contributed by atoms with van der Waals surface area (Å²) < 4.78 is 0. The van der Waals surface area contributed by atoms with Gasteiger partial charge < -0.3 is 27.7 Å². The van der Waals surface area contributed by atoms with E-state index in [-0.39, 0.29) is 19.0 Å². The van der Waals surface area contributed by atoms with Crippen LogP contribution in [0.15, 0.2) is 24.3 Å².